The first kappa shape index (κ1) is 15.6. The Balaban J connectivity index is 4.28. The number of carbonyl (C=O) groups excluding carboxylic acids is 1. The third kappa shape index (κ3) is 4.65. The summed E-state index contributed by atoms with van der Waals surface area (Å²) in [5.41, 5.74) is 5.42. The van der Waals surface area contributed by atoms with Crippen LogP contribution in [0.1, 0.15) is 66.2 Å². The van der Waals surface area contributed by atoms with E-state index in [1.54, 1.807) is 0 Å². The molecule has 0 heterocycles. The lowest BCUT2D eigenvalue weighted by Gasteiger charge is -2.27. The highest BCUT2D eigenvalue weighted by Gasteiger charge is 2.30. The zero-order valence-corrected chi connectivity index (χ0v) is 11.5. The van der Waals surface area contributed by atoms with Crippen molar-refractivity contribution >= 4 is 5.78 Å². The summed E-state index contributed by atoms with van der Waals surface area (Å²) < 4.78 is 0. The molecule has 16 heavy (non-hydrogen) atoms. The van der Waals surface area contributed by atoms with E-state index in [4.69, 9.17) is 5.73 Å². The van der Waals surface area contributed by atoms with Crippen LogP contribution in [0, 0.1) is 11.3 Å². The van der Waals surface area contributed by atoms with Crippen LogP contribution >= 0.6 is 0 Å². The molecule has 0 amide bonds. The van der Waals surface area contributed by atoms with E-state index in [0.717, 1.165) is 19.3 Å². The number of carbonyl (C=O) groups is 1. The van der Waals surface area contributed by atoms with Gasteiger partial charge in [0, 0.05) is 18.4 Å². The lowest BCUT2D eigenvalue weighted by molar-refractivity contribution is -0.128. The van der Waals surface area contributed by atoms with Gasteiger partial charge in [0.05, 0.1) is 0 Å². The number of hydrogen-bond acceptors (Lipinski definition) is 2. The van der Waals surface area contributed by atoms with Crippen LogP contribution in [-0.2, 0) is 4.79 Å². The van der Waals surface area contributed by atoms with Crippen molar-refractivity contribution in [3.05, 3.63) is 0 Å². The van der Waals surface area contributed by atoms with Gasteiger partial charge in [-0.3, -0.25) is 4.79 Å². The molecule has 0 spiro atoms. The minimum atomic E-state index is -0.292. The minimum Gasteiger partial charge on any atom is -0.329 e. The molecule has 2 unspecified atom stereocenters. The molecule has 0 rings (SSSR count). The molecule has 96 valence electrons. The SMILES string of the molecule is CCCCC(CC)CC(=O)C(C)(CC)CN. The average molecular weight is 227 g/mol. The molecule has 0 saturated heterocycles. The van der Waals surface area contributed by atoms with Crippen molar-refractivity contribution in [3.8, 4) is 0 Å². The normalized spacial score (nSPS) is 16.8. The zero-order valence-electron chi connectivity index (χ0n) is 11.5. The van der Waals surface area contributed by atoms with Crippen molar-refractivity contribution in [1.82, 2.24) is 0 Å². The van der Waals surface area contributed by atoms with E-state index in [2.05, 4.69) is 20.8 Å². The number of Topliss-reactive ketones (excluding diaryl/α,β-unsaturated/α-hetero) is 1. The van der Waals surface area contributed by atoms with Crippen LogP contribution in [-0.4, -0.2) is 12.3 Å². The Morgan fingerprint density at radius 2 is 1.94 bits per heavy atom. The summed E-state index contributed by atoms with van der Waals surface area (Å²) in [6.07, 6.45) is 6.31. The molecule has 0 saturated carbocycles. The molecule has 2 N–H and O–H groups in total. The fourth-order valence-corrected chi connectivity index (χ4v) is 1.91. The van der Waals surface area contributed by atoms with Crippen LogP contribution in [0.3, 0.4) is 0 Å². The molecule has 0 radical (unpaired) electrons. The number of ketones is 1. The number of hydrogen-bond donors (Lipinski definition) is 1. The summed E-state index contributed by atoms with van der Waals surface area (Å²) in [5, 5.41) is 0. The quantitative estimate of drug-likeness (QED) is 0.654. The fraction of sp³-hybridized carbons (Fsp3) is 0.929. The molecular formula is C14H29NO. The highest BCUT2D eigenvalue weighted by atomic mass is 16.1. The molecule has 0 aromatic carbocycles. The molecule has 0 aliphatic carbocycles. The summed E-state index contributed by atoms with van der Waals surface area (Å²) >= 11 is 0. The van der Waals surface area contributed by atoms with E-state index < -0.39 is 0 Å². The predicted octanol–water partition coefficient (Wildman–Crippen LogP) is 3.54. The van der Waals surface area contributed by atoms with Gasteiger partial charge in [-0.05, 0) is 12.3 Å². The monoisotopic (exact) mass is 227 g/mol. The van der Waals surface area contributed by atoms with Crippen molar-refractivity contribution in [2.75, 3.05) is 6.54 Å². The molecule has 0 aliphatic rings. The van der Waals surface area contributed by atoms with Crippen LogP contribution in [0.15, 0.2) is 0 Å². The fourth-order valence-electron chi connectivity index (χ4n) is 1.91. The first-order valence-corrected chi connectivity index (χ1v) is 6.77. The first-order chi connectivity index (χ1) is 7.53. The van der Waals surface area contributed by atoms with E-state index in [0.29, 0.717) is 18.2 Å². The minimum absolute atomic E-state index is 0.292. The Labute approximate surface area is 101 Å². The van der Waals surface area contributed by atoms with Gasteiger partial charge in [0.25, 0.3) is 0 Å². The Bertz CT molecular complexity index is 197. The summed E-state index contributed by atoms with van der Waals surface area (Å²) in [6, 6.07) is 0. The van der Waals surface area contributed by atoms with Crippen molar-refractivity contribution in [1.29, 1.82) is 0 Å². The first-order valence-electron chi connectivity index (χ1n) is 6.77. The second-order valence-electron chi connectivity index (χ2n) is 5.16. The predicted molar refractivity (Wildman–Crippen MR) is 70.4 cm³/mol. The molecule has 0 bridgehead atoms. The Morgan fingerprint density at radius 1 is 1.31 bits per heavy atom. The molecule has 2 heteroatoms. The van der Waals surface area contributed by atoms with Gasteiger partial charge in [-0.1, -0.05) is 53.4 Å². The van der Waals surface area contributed by atoms with Crippen molar-refractivity contribution in [3.63, 3.8) is 0 Å². The van der Waals surface area contributed by atoms with E-state index >= 15 is 0 Å². The van der Waals surface area contributed by atoms with E-state index in [9.17, 15) is 4.79 Å². The lowest BCUT2D eigenvalue weighted by Crippen LogP contribution is -2.36. The summed E-state index contributed by atoms with van der Waals surface area (Å²) in [4.78, 5) is 12.2. The van der Waals surface area contributed by atoms with E-state index in [-0.39, 0.29) is 5.41 Å². The van der Waals surface area contributed by atoms with Gasteiger partial charge < -0.3 is 5.73 Å². The number of rotatable bonds is 9. The Hall–Kier alpha value is -0.370. The highest BCUT2D eigenvalue weighted by Crippen LogP contribution is 2.27. The summed E-state index contributed by atoms with van der Waals surface area (Å²) in [7, 11) is 0. The van der Waals surface area contributed by atoms with E-state index in [1.807, 2.05) is 6.92 Å². The third-order valence-electron chi connectivity index (χ3n) is 3.92. The number of unbranched alkanes of at least 4 members (excludes halogenated alkanes) is 1. The average Bonchev–Trinajstić information content (AvgIpc) is 2.32. The smallest absolute Gasteiger partial charge is 0.140 e. The number of nitrogens with two attached hydrogens (primary N) is 1. The second kappa shape index (κ2) is 7.83. The molecule has 0 aromatic rings. The van der Waals surface area contributed by atoms with Gasteiger partial charge in [0.15, 0.2) is 0 Å². The molecule has 2 nitrogen and oxygen atoms in total. The van der Waals surface area contributed by atoms with E-state index in [1.165, 1.54) is 19.3 Å². The third-order valence-corrected chi connectivity index (χ3v) is 3.92. The highest BCUT2D eigenvalue weighted by molar-refractivity contribution is 5.84. The maximum atomic E-state index is 12.2. The Morgan fingerprint density at radius 3 is 2.31 bits per heavy atom. The standard InChI is InChI=1S/C14H29NO/c1-5-8-9-12(6-2)10-13(16)14(4,7-3)11-15/h12H,5-11,15H2,1-4H3. The van der Waals surface area contributed by atoms with Crippen LogP contribution in [0.5, 0.6) is 0 Å². The van der Waals surface area contributed by atoms with Gasteiger partial charge in [0.2, 0.25) is 0 Å². The summed E-state index contributed by atoms with van der Waals surface area (Å²) in [6.45, 7) is 8.91. The van der Waals surface area contributed by atoms with Crippen LogP contribution < -0.4 is 5.73 Å². The van der Waals surface area contributed by atoms with Crippen LogP contribution in [0.4, 0.5) is 0 Å². The van der Waals surface area contributed by atoms with Gasteiger partial charge in [-0.2, -0.15) is 0 Å². The zero-order chi connectivity index (χ0) is 12.6. The summed E-state index contributed by atoms with van der Waals surface area (Å²) in [5.74, 6) is 0.922. The van der Waals surface area contributed by atoms with Crippen LogP contribution in [0.25, 0.3) is 0 Å². The Kier molecular flexibility index (Phi) is 7.65. The molecule has 0 aromatic heterocycles. The van der Waals surface area contributed by atoms with Gasteiger partial charge in [-0.15, -0.1) is 0 Å². The van der Waals surface area contributed by atoms with Gasteiger partial charge in [-0.25, -0.2) is 0 Å². The maximum Gasteiger partial charge on any atom is 0.140 e. The topological polar surface area (TPSA) is 43.1 Å². The van der Waals surface area contributed by atoms with Crippen molar-refractivity contribution < 1.29 is 4.79 Å². The lowest BCUT2D eigenvalue weighted by atomic mass is 9.78. The molecular weight excluding hydrogens is 198 g/mol. The molecule has 2 atom stereocenters. The van der Waals surface area contributed by atoms with Gasteiger partial charge in [0.1, 0.15) is 5.78 Å². The van der Waals surface area contributed by atoms with Crippen molar-refractivity contribution in [2.45, 2.75) is 66.2 Å². The second-order valence-corrected chi connectivity index (χ2v) is 5.16. The largest absolute Gasteiger partial charge is 0.329 e. The maximum absolute atomic E-state index is 12.2. The molecule has 0 fully saturated rings. The van der Waals surface area contributed by atoms with Crippen LogP contribution in [0.2, 0.25) is 0 Å². The molecule has 0 aliphatic heterocycles. The van der Waals surface area contributed by atoms with Gasteiger partial charge >= 0.3 is 0 Å². The van der Waals surface area contributed by atoms with Crippen molar-refractivity contribution in [2.24, 2.45) is 17.1 Å².